The minimum absolute atomic E-state index is 0.0495. The average Bonchev–Trinajstić information content (AvgIpc) is 3.11. The maximum Gasteiger partial charge on any atom is 0.472 e. The number of nitrogens with two attached hydrogens (primary N) is 1. The molecule has 0 fully saturated rings. The van der Waals surface area contributed by atoms with Gasteiger partial charge >= 0.3 is 19.8 Å². The summed E-state index contributed by atoms with van der Waals surface area (Å²) in [6.07, 6.45) is 40.2. The van der Waals surface area contributed by atoms with Crippen molar-refractivity contribution in [3.63, 3.8) is 0 Å². The number of carbonyl (C=O) groups is 2. The summed E-state index contributed by atoms with van der Waals surface area (Å²) in [5, 5.41) is 0. The van der Waals surface area contributed by atoms with Gasteiger partial charge in [-0.05, 0) is 70.6 Å². The fraction of sp³-hybridized carbons (Fsp3) is 0.805. The Morgan fingerprint density at radius 3 is 1.55 bits per heavy atom. The molecule has 0 aliphatic rings. The molecular weight excluding hydrogens is 665 g/mol. The van der Waals surface area contributed by atoms with Crippen LogP contribution in [0.1, 0.15) is 181 Å². The van der Waals surface area contributed by atoms with Crippen LogP contribution in [0, 0.1) is 0 Å². The number of hydrogen-bond acceptors (Lipinski definition) is 8. The van der Waals surface area contributed by atoms with E-state index in [4.69, 9.17) is 24.3 Å². The number of carbonyl (C=O) groups excluding carboxylic acids is 2. The fourth-order valence-corrected chi connectivity index (χ4v) is 6.19. The first kappa shape index (κ1) is 49.2. The predicted molar refractivity (Wildman–Crippen MR) is 210 cm³/mol. The SMILES string of the molecule is CCCCC/C=C/C/C=C/CCCCCCCC(=O)O[C@H](COC(=O)CCCCCCC/C=C/CCCCCCCC)COP(=O)(O)OCCN. The minimum atomic E-state index is -4.38. The number of phosphoric ester groups is 1. The molecule has 51 heavy (non-hydrogen) atoms. The normalized spacial score (nSPS) is 13.7. The van der Waals surface area contributed by atoms with Gasteiger partial charge in [-0.1, -0.05) is 134 Å². The Bertz CT molecular complexity index is 939. The number of phosphoric acid groups is 1. The topological polar surface area (TPSA) is 134 Å². The van der Waals surface area contributed by atoms with Gasteiger partial charge in [-0.2, -0.15) is 0 Å². The summed E-state index contributed by atoms with van der Waals surface area (Å²) in [5.74, 6) is -0.854. The van der Waals surface area contributed by atoms with Crippen molar-refractivity contribution < 1.29 is 37.6 Å². The van der Waals surface area contributed by atoms with Gasteiger partial charge in [0.05, 0.1) is 13.2 Å². The first-order valence-corrected chi connectivity index (χ1v) is 22.0. The average molecular weight is 742 g/mol. The summed E-state index contributed by atoms with van der Waals surface area (Å²) < 4.78 is 32.7. The maximum atomic E-state index is 12.5. The highest BCUT2D eigenvalue weighted by Crippen LogP contribution is 2.43. The van der Waals surface area contributed by atoms with Crippen LogP contribution in [-0.4, -0.2) is 49.3 Å². The zero-order chi connectivity index (χ0) is 37.5. The Morgan fingerprint density at radius 1 is 0.588 bits per heavy atom. The van der Waals surface area contributed by atoms with E-state index in [2.05, 4.69) is 50.3 Å². The molecule has 0 aromatic heterocycles. The molecule has 3 N–H and O–H groups in total. The van der Waals surface area contributed by atoms with Crippen LogP contribution < -0.4 is 5.73 Å². The van der Waals surface area contributed by atoms with E-state index in [1.54, 1.807) is 0 Å². The van der Waals surface area contributed by atoms with Crippen LogP contribution in [0.4, 0.5) is 0 Å². The Morgan fingerprint density at radius 2 is 1.02 bits per heavy atom. The Balaban J connectivity index is 4.23. The maximum absolute atomic E-state index is 12.5. The van der Waals surface area contributed by atoms with Crippen LogP contribution in [0.2, 0.25) is 0 Å². The van der Waals surface area contributed by atoms with Gasteiger partial charge in [0.15, 0.2) is 6.10 Å². The molecule has 1 unspecified atom stereocenters. The summed E-state index contributed by atoms with van der Waals surface area (Å²) in [6.45, 7) is 3.67. The van der Waals surface area contributed by atoms with Crippen LogP contribution in [0.3, 0.4) is 0 Å². The smallest absolute Gasteiger partial charge is 0.462 e. The highest BCUT2D eigenvalue weighted by Gasteiger charge is 2.25. The molecule has 0 saturated heterocycles. The summed E-state index contributed by atoms with van der Waals surface area (Å²) in [7, 11) is -4.38. The van der Waals surface area contributed by atoms with E-state index in [1.165, 1.54) is 70.6 Å². The first-order chi connectivity index (χ1) is 24.8. The zero-order valence-corrected chi connectivity index (χ0v) is 33.5. The highest BCUT2D eigenvalue weighted by atomic mass is 31.2. The third kappa shape index (κ3) is 37.8. The quantitative estimate of drug-likeness (QED) is 0.0274. The monoisotopic (exact) mass is 742 g/mol. The molecule has 0 aromatic rings. The van der Waals surface area contributed by atoms with Gasteiger partial charge in [0.2, 0.25) is 0 Å². The second kappa shape index (κ2) is 38.0. The molecule has 0 aliphatic carbocycles. The van der Waals surface area contributed by atoms with Gasteiger partial charge in [-0.25, -0.2) is 4.57 Å². The van der Waals surface area contributed by atoms with Crippen LogP contribution in [0.15, 0.2) is 36.5 Å². The van der Waals surface area contributed by atoms with E-state index in [0.29, 0.717) is 6.42 Å². The molecule has 0 aliphatic heterocycles. The summed E-state index contributed by atoms with van der Waals surface area (Å²) in [5.41, 5.74) is 5.34. The van der Waals surface area contributed by atoms with E-state index in [1.807, 2.05) is 0 Å². The van der Waals surface area contributed by atoms with E-state index in [-0.39, 0.29) is 32.6 Å². The fourth-order valence-electron chi connectivity index (χ4n) is 5.42. The van der Waals surface area contributed by atoms with E-state index in [0.717, 1.165) is 77.0 Å². The van der Waals surface area contributed by atoms with Crippen LogP contribution in [-0.2, 0) is 32.7 Å². The van der Waals surface area contributed by atoms with Crippen molar-refractivity contribution in [2.24, 2.45) is 5.73 Å². The molecule has 0 spiro atoms. The molecule has 0 radical (unpaired) electrons. The van der Waals surface area contributed by atoms with Crippen molar-refractivity contribution >= 4 is 19.8 Å². The van der Waals surface area contributed by atoms with Crippen molar-refractivity contribution in [1.29, 1.82) is 0 Å². The van der Waals surface area contributed by atoms with Gasteiger partial charge in [0.1, 0.15) is 6.61 Å². The second-order valence-electron chi connectivity index (χ2n) is 13.5. The van der Waals surface area contributed by atoms with Crippen molar-refractivity contribution in [3.05, 3.63) is 36.5 Å². The molecule has 0 rings (SSSR count). The molecular formula is C41H76NO8P. The van der Waals surface area contributed by atoms with E-state index >= 15 is 0 Å². The molecule has 0 aromatic carbocycles. The Kier molecular flexibility index (Phi) is 36.7. The summed E-state index contributed by atoms with van der Waals surface area (Å²) in [6, 6.07) is 0. The number of unbranched alkanes of at least 4 members (excludes halogenated alkanes) is 19. The van der Waals surface area contributed by atoms with Gasteiger partial charge in [0.25, 0.3) is 0 Å². The zero-order valence-electron chi connectivity index (χ0n) is 32.6. The minimum Gasteiger partial charge on any atom is -0.462 e. The molecule has 9 nitrogen and oxygen atoms in total. The van der Waals surface area contributed by atoms with Gasteiger partial charge < -0.3 is 20.1 Å². The number of allylic oxidation sites excluding steroid dienone is 6. The Labute approximate surface area is 312 Å². The second-order valence-corrected chi connectivity index (χ2v) is 14.9. The van der Waals surface area contributed by atoms with Gasteiger partial charge in [-0.15, -0.1) is 0 Å². The van der Waals surface area contributed by atoms with Crippen LogP contribution >= 0.6 is 7.82 Å². The lowest BCUT2D eigenvalue weighted by molar-refractivity contribution is -0.161. The molecule has 298 valence electrons. The molecule has 2 atom stereocenters. The standard InChI is InChI=1S/C41H76NO8P/c1-3-5-7-9-11-13-15-17-19-21-23-25-27-29-31-33-40(43)47-37-39(38-49-51(45,46)48-36-35-42)50-41(44)34-32-30-28-26-24-22-20-18-16-14-12-10-8-6-4-2/h12,14,17-20,39H,3-11,13,15-16,21-38,42H2,1-2H3,(H,45,46)/b14-12+,19-17+,20-18+/t39-/m1/s1. The number of esters is 2. The molecule has 0 amide bonds. The van der Waals surface area contributed by atoms with Crippen molar-refractivity contribution in [1.82, 2.24) is 0 Å². The lowest BCUT2D eigenvalue weighted by atomic mass is 10.1. The summed E-state index contributed by atoms with van der Waals surface area (Å²) >= 11 is 0. The third-order valence-electron chi connectivity index (χ3n) is 8.50. The van der Waals surface area contributed by atoms with E-state index in [9.17, 15) is 19.0 Å². The van der Waals surface area contributed by atoms with Crippen LogP contribution in [0.25, 0.3) is 0 Å². The number of hydrogen-bond donors (Lipinski definition) is 2. The molecule has 0 bridgehead atoms. The lowest BCUT2D eigenvalue weighted by Gasteiger charge is -2.19. The Hall–Kier alpha value is -1.77. The number of rotatable bonds is 38. The van der Waals surface area contributed by atoms with Gasteiger partial charge in [0, 0.05) is 19.4 Å². The third-order valence-corrected chi connectivity index (χ3v) is 9.48. The molecule has 10 heteroatoms. The van der Waals surface area contributed by atoms with Crippen LogP contribution in [0.5, 0.6) is 0 Å². The van der Waals surface area contributed by atoms with Crippen molar-refractivity contribution in [2.45, 2.75) is 187 Å². The van der Waals surface area contributed by atoms with Crippen molar-refractivity contribution in [3.8, 4) is 0 Å². The van der Waals surface area contributed by atoms with Gasteiger partial charge in [-0.3, -0.25) is 18.6 Å². The van der Waals surface area contributed by atoms with E-state index < -0.39 is 32.5 Å². The molecule has 0 saturated carbocycles. The first-order valence-electron chi connectivity index (χ1n) is 20.5. The largest absolute Gasteiger partial charge is 0.472 e. The van der Waals surface area contributed by atoms with Crippen molar-refractivity contribution in [2.75, 3.05) is 26.4 Å². The predicted octanol–water partition coefficient (Wildman–Crippen LogP) is 11.4. The number of ether oxygens (including phenoxy) is 2. The lowest BCUT2D eigenvalue weighted by Crippen LogP contribution is -2.29. The summed E-state index contributed by atoms with van der Waals surface area (Å²) in [4.78, 5) is 34.8. The molecule has 0 heterocycles. The highest BCUT2D eigenvalue weighted by molar-refractivity contribution is 7.47.